The molecule has 0 aromatic carbocycles. The van der Waals surface area contributed by atoms with E-state index in [1.807, 2.05) is 17.5 Å². The molecule has 154 valence electrons. The fourth-order valence-electron chi connectivity index (χ4n) is 3.16. The van der Waals surface area contributed by atoms with Crippen LogP contribution in [0.15, 0.2) is 35.5 Å². The van der Waals surface area contributed by atoms with Crippen LogP contribution in [0.2, 0.25) is 0 Å². The van der Waals surface area contributed by atoms with Gasteiger partial charge >= 0.3 is 0 Å². The number of anilines is 1. The molecule has 0 amide bonds. The van der Waals surface area contributed by atoms with E-state index in [0.717, 1.165) is 56.6 Å². The number of aryl methyl sites for hydroxylation is 1. The zero-order valence-electron chi connectivity index (χ0n) is 16.9. The molecule has 0 aliphatic carbocycles. The molecule has 1 aliphatic heterocycles. The first-order valence-corrected chi connectivity index (χ1v) is 10.4. The standard InChI is InChI=1S/C20H30N6S.HI/c1-4-25-9-11-26(12-10-25)19-8-6-17(13-22-19)14-23-20(21-3)24-15-18-7-5-16(2)27-18;/h5-8,13H,4,9-12,14-15H2,1-3H3,(H2,21,23,24);1H. The second-order valence-corrected chi connectivity index (χ2v) is 8.11. The Morgan fingerprint density at radius 2 is 1.86 bits per heavy atom. The van der Waals surface area contributed by atoms with Crippen molar-refractivity contribution in [2.45, 2.75) is 26.9 Å². The number of nitrogens with zero attached hydrogens (tertiary/aromatic N) is 4. The van der Waals surface area contributed by atoms with E-state index in [-0.39, 0.29) is 24.0 Å². The lowest BCUT2D eigenvalue weighted by atomic mass is 10.2. The average Bonchev–Trinajstić information content (AvgIpc) is 3.14. The van der Waals surface area contributed by atoms with E-state index < -0.39 is 0 Å². The first-order valence-electron chi connectivity index (χ1n) is 9.60. The van der Waals surface area contributed by atoms with Gasteiger partial charge < -0.3 is 20.4 Å². The van der Waals surface area contributed by atoms with Crippen LogP contribution in [0.3, 0.4) is 0 Å². The lowest BCUT2D eigenvalue weighted by Crippen LogP contribution is -2.46. The topological polar surface area (TPSA) is 55.8 Å². The van der Waals surface area contributed by atoms with E-state index in [9.17, 15) is 0 Å². The maximum absolute atomic E-state index is 4.66. The Balaban J connectivity index is 0.00000280. The molecule has 3 rings (SSSR count). The smallest absolute Gasteiger partial charge is 0.191 e. The summed E-state index contributed by atoms with van der Waals surface area (Å²) in [4.78, 5) is 16.4. The second-order valence-electron chi connectivity index (χ2n) is 6.74. The van der Waals surface area contributed by atoms with Gasteiger partial charge in [0.05, 0.1) is 6.54 Å². The third-order valence-electron chi connectivity index (χ3n) is 4.86. The van der Waals surface area contributed by atoms with Gasteiger partial charge in [0, 0.05) is 55.7 Å². The summed E-state index contributed by atoms with van der Waals surface area (Å²) in [5, 5.41) is 6.72. The van der Waals surface area contributed by atoms with Crippen LogP contribution in [0.5, 0.6) is 0 Å². The highest BCUT2D eigenvalue weighted by Crippen LogP contribution is 2.15. The van der Waals surface area contributed by atoms with Crippen molar-refractivity contribution in [2.24, 2.45) is 4.99 Å². The Kier molecular flexibility index (Phi) is 9.46. The molecule has 8 heteroatoms. The van der Waals surface area contributed by atoms with Crippen molar-refractivity contribution >= 4 is 47.1 Å². The van der Waals surface area contributed by atoms with Gasteiger partial charge in [0.2, 0.25) is 0 Å². The monoisotopic (exact) mass is 514 g/mol. The highest BCUT2D eigenvalue weighted by Gasteiger charge is 2.16. The van der Waals surface area contributed by atoms with Crippen LogP contribution < -0.4 is 15.5 Å². The number of nitrogens with one attached hydrogen (secondary N) is 2. The normalized spacial score (nSPS) is 15.2. The number of hydrogen-bond donors (Lipinski definition) is 2. The summed E-state index contributed by atoms with van der Waals surface area (Å²) in [6, 6.07) is 8.58. The molecule has 1 fully saturated rings. The van der Waals surface area contributed by atoms with Crippen LogP contribution >= 0.6 is 35.3 Å². The lowest BCUT2D eigenvalue weighted by Gasteiger charge is -2.34. The SMILES string of the molecule is CCN1CCN(c2ccc(CNC(=NC)NCc3ccc(C)s3)cn2)CC1.I. The van der Waals surface area contributed by atoms with Crippen molar-refractivity contribution in [2.75, 3.05) is 44.7 Å². The molecule has 28 heavy (non-hydrogen) atoms. The molecular weight excluding hydrogens is 483 g/mol. The van der Waals surface area contributed by atoms with Crippen LogP contribution in [-0.4, -0.2) is 55.6 Å². The first kappa shape index (κ1) is 22.9. The Morgan fingerprint density at radius 1 is 1.11 bits per heavy atom. The van der Waals surface area contributed by atoms with Gasteiger partial charge in [0.15, 0.2) is 5.96 Å². The first-order chi connectivity index (χ1) is 13.2. The van der Waals surface area contributed by atoms with Crippen LogP contribution in [0.25, 0.3) is 0 Å². The molecule has 0 atom stereocenters. The molecule has 2 aromatic heterocycles. The summed E-state index contributed by atoms with van der Waals surface area (Å²) in [7, 11) is 1.80. The predicted octanol–water partition coefficient (Wildman–Crippen LogP) is 3.08. The summed E-state index contributed by atoms with van der Waals surface area (Å²) in [5.41, 5.74) is 1.15. The van der Waals surface area contributed by atoms with Crippen LogP contribution in [0.4, 0.5) is 5.82 Å². The average molecular weight is 514 g/mol. The summed E-state index contributed by atoms with van der Waals surface area (Å²) < 4.78 is 0. The second kappa shape index (κ2) is 11.6. The minimum Gasteiger partial charge on any atom is -0.354 e. The Labute approximate surface area is 189 Å². The molecule has 0 unspecified atom stereocenters. The highest BCUT2D eigenvalue weighted by atomic mass is 127. The van der Waals surface area contributed by atoms with Gasteiger partial charge in [-0.3, -0.25) is 4.99 Å². The molecule has 6 nitrogen and oxygen atoms in total. The van der Waals surface area contributed by atoms with Gasteiger partial charge in [-0.1, -0.05) is 13.0 Å². The fraction of sp³-hybridized carbons (Fsp3) is 0.500. The lowest BCUT2D eigenvalue weighted by molar-refractivity contribution is 0.270. The van der Waals surface area contributed by atoms with Crippen LogP contribution in [-0.2, 0) is 13.1 Å². The molecule has 3 heterocycles. The van der Waals surface area contributed by atoms with Crippen LogP contribution in [0, 0.1) is 6.92 Å². The summed E-state index contributed by atoms with van der Waals surface area (Å²) in [5.74, 6) is 1.88. The number of guanidine groups is 1. The number of pyridine rings is 1. The molecular formula is C20H31IN6S. The number of thiophene rings is 1. The quantitative estimate of drug-likeness (QED) is 0.353. The van der Waals surface area contributed by atoms with E-state index in [1.165, 1.54) is 9.75 Å². The van der Waals surface area contributed by atoms with E-state index >= 15 is 0 Å². The van der Waals surface area contributed by atoms with Gasteiger partial charge in [-0.15, -0.1) is 35.3 Å². The maximum Gasteiger partial charge on any atom is 0.191 e. The van der Waals surface area contributed by atoms with Crippen molar-refractivity contribution in [1.82, 2.24) is 20.5 Å². The maximum atomic E-state index is 4.66. The van der Waals surface area contributed by atoms with E-state index in [2.05, 4.69) is 68.5 Å². The molecule has 0 spiro atoms. The molecule has 0 radical (unpaired) electrons. The number of halogens is 1. The Hall–Kier alpha value is -1.39. The minimum absolute atomic E-state index is 0. The van der Waals surface area contributed by atoms with Crippen molar-refractivity contribution in [3.63, 3.8) is 0 Å². The van der Waals surface area contributed by atoms with Gasteiger partial charge in [-0.2, -0.15) is 0 Å². The highest BCUT2D eigenvalue weighted by molar-refractivity contribution is 14.0. The van der Waals surface area contributed by atoms with Crippen molar-refractivity contribution in [3.05, 3.63) is 45.8 Å². The molecule has 0 saturated carbocycles. The number of aromatic nitrogens is 1. The molecule has 1 saturated heterocycles. The zero-order chi connectivity index (χ0) is 19.1. The molecule has 1 aliphatic rings. The molecule has 2 aromatic rings. The van der Waals surface area contributed by atoms with Gasteiger partial charge in [0.25, 0.3) is 0 Å². The Morgan fingerprint density at radius 3 is 2.43 bits per heavy atom. The van der Waals surface area contributed by atoms with Crippen molar-refractivity contribution < 1.29 is 0 Å². The third kappa shape index (κ3) is 6.59. The number of likely N-dealkylation sites (N-methyl/N-ethyl adjacent to an activating group) is 1. The largest absolute Gasteiger partial charge is 0.354 e. The Bertz CT molecular complexity index is 737. The molecule has 2 N–H and O–H groups in total. The fourth-order valence-corrected chi connectivity index (χ4v) is 3.99. The van der Waals surface area contributed by atoms with E-state index in [4.69, 9.17) is 0 Å². The predicted molar refractivity (Wildman–Crippen MR) is 130 cm³/mol. The summed E-state index contributed by atoms with van der Waals surface area (Å²) in [6.45, 7) is 11.3. The van der Waals surface area contributed by atoms with Crippen LogP contribution in [0.1, 0.15) is 22.2 Å². The minimum atomic E-state index is 0. The number of aliphatic imine (C=N–C) groups is 1. The van der Waals surface area contributed by atoms with Gasteiger partial charge in [-0.05, 0) is 37.2 Å². The van der Waals surface area contributed by atoms with Gasteiger partial charge in [0.1, 0.15) is 5.82 Å². The van der Waals surface area contributed by atoms with E-state index in [1.54, 1.807) is 7.05 Å². The number of hydrogen-bond acceptors (Lipinski definition) is 5. The summed E-state index contributed by atoms with van der Waals surface area (Å²) >= 11 is 1.81. The number of rotatable bonds is 6. The zero-order valence-corrected chi connectivity index (χ0v) is 20.1. The van der Waals surface area contributed by atoms with Gasteiger partial charge in [-0.25, -0.2) is 4.98 Å². The number of piperazine rings is 1. The van der Waals surface area contributed by atoms with E-state index in [0.29, 0.717) is 6.54 Å². The van der Waals surface area contributed by atoms with Crippen molar-refractivity contribution in [1.29, 1.82) is 0 Å². The molecule has 0 bridgehead atoms. The summed E-state index contributed by atoms with van der Waals surface area (Å²) in [6.07, 6.45) is 1.96. The van der Waals surface area contributed by atoms with Crippen molar-refractivity contribution in [3.8, 4) is 0 Å². The third-order valence-corrected chi connectivity index (χ3v) is 5.86.